The van der Waals surface area contributed by atoms with Crippen molar-refractivity contribution >= 4 is 5.78 Å². The van der Waals surface area contributed by atoms with Crippen molar-refractivity contribution in [3.63, 3.8) is 0 Å². The average molecular weight is 252 g/mol. The van der Waals surface area contributed by atoms with Gasteiger partial charge >= 0.3 is 6.18 Å². The third-order valence-electron chi connectivity index (χ3n) is 3.45. The minimum Gasteiger partial charge on any atom is -0.380 e. The Morgan fingerprint density at radius 3 is 1.88 bits per heavy atom. The second-order valence-corrected chi connectivity index (χ2v) is 5.92. The van der Waals surface area contributed by atoms with Gasteiger partial charge in [0.2, 0.25) is 0 Å². The van der Waals surface area contributed by atoms with Crippen molar-refractivity contribution < 1.29 is 23.1 Å². The van der Waals surface area contributed by atoms with Gasteiger partial charge in [-0.15, -0.1) is 0 Å². The molecule has 0 aromatic heterocycles. The fourth-order valence-corrected chi connectivity index (χ4v) is 2.25. The molecule has 0 saturated heterocycles. The van der Waals surface area contributed by atoms with Gasteiger partial charge in [-0.25, -0.2) is 0 Å². The first kappa shape index (κ1) is 14.5. The van der Waals surface area contributed by atoms with Gasteiger partial charge in [-0.1, -0.05) is 20.8 Å². The maximum absolute atomic E-state index is 12.6. The minimum absolute atomic E-state index is 0.0123. The predicted octanol–water partition coefficient (Wildman–Crippen LogP) is 3.09. The molecule has 0 atom stereocenters. The van der Waals surface area contributed by atoms with Gasteiger partial charge in [0.25, 0.3) is 0 Å². The molecule has 1 N–H and O–H groups in total. The largest absolute Gasteiger partial charge is 0.417 e. The second-order valence-electron chi connectivity index (χ2n) is 5.92. The highest BCUT2D eigenvalue weighted by atomic mass is 19.4. The summed E-state index contributed by atoms with van der Waals surface area (Å²) in [4.78, 5) is 11.9. The van der Waals surface area contributed by atoms with Crippen LogP contribution in [0.2, 0.25) is 0 Å². The molecule has 1 fully saturated rings. The molecule has 17 heavy (non-hydrogen) atoms. The third-order valence-corrected chi connectivity index (χ3v) is 3.45. The Morgan fingerprint density at radius 2 is 1.59 bits per heavy atom. The van der Waals surface area contributed by atoms with Crippen LogP contribution in [-0.4, -0.2) is 22.7 Å². The lowest BCUT2D eigenvalue weighted by Gasteiger charge is -2.38. The Hall–Kier alpha value is -0.580. The highest BCUT2D eigenvalue weighted by Gasteiger charge is 2.55. The van der Waals surface area contributed by atoms with E-state index >= 15 is 0 Å². The van der Waals surface area contributed by atoms with Gasteiger partial charge in [-0.05, 0) is 25.7 Å². The second kappa shape index (κ2) is 4.26. The van der Waals surface area contributed by atoms with Crippen LogP contribution in [0.15, 0.2) is 0 Å². The van der Waals surface area contributed by atoms with Crippen LogP contribution < -0.4 is 0 Å². The first-order chi connectivity index (χ1) is 7.47. The van der Waals surface area contributed by atoms with Crippen LogP contribution in [0.5, 0.6) is 0 Å². The highest BCUT2D eigenvalue weighted by molar-refractivity contribution is 5.86. The van der Waals surface area contributed by atoms with Crippen molar-refractivity contribution in [1.82, 2.24) is 0 Å². The van der Waals surface area contributed by atoms with Crippen molar-refractivity contribution in [2.45, 2.75) is 58.2 Å². The molecule has 0 radical (unpaired) electrons. The zero-order valence-corrected chi connectivity index (χ0v) is 10.4. The molecule has 0 aromatic carbocycles. The van der Waals surface area contributed by atoms with Crippen molar-refractivity contribution in [2.24, 2.45) is 11.3 Å². The number of Topliss-reactive ketones (excluding diaryl/α,β-unsaturated/α-hetero) is 1. The number of carbonyl (C=O) groups is 1. The lowest BCUT2D eigenvalue weighted by Crippen LogP contribution is -2.49. The lowest BCUT2D eigenvalue weighted by atomic mass is 9.72. The number of halogens is 3. The Morgan fingerprint density at radius 1 is 1.18 bits per heavy atom. The summed E-state index contributed by atoms with van der Waals surface area (Å²) in [6.45, 7) is 5.29. The zero-order valence-electron chi connectivity index (χ0n) is 10.4. The maximum atomic E-state index is 12.6. The number of carbonyl (C=O) groups excluding carboxylic acids is 1. The molecule has 1 aliphatic rings. The van der Waals surface area contributed by atoms with Gasteiger partial charge in [0.1, 0.15) is 5.78 Å². The topological polar surface area (TPSA) is 37.3 Å². The molecule has 2 nitrogen and oxygen atoms in total. The number of alkyl halides is 3. The quantitative estimate of drug-likeness (QED) is 0.778. The van der Waals surface area contributed by atoms with E-state index in [-0.39, 0.29) is 37.4 Å². The molecular weight excluding hydrogens is 233 g/mol. The summed E-state index contributed by atoms with van der Waals surface area (Å²) in [5, 5.41) is 9.47. The van der Waals surface area contributed by atoms with Crippen LogP contribution in [0.4, 0.5) is 13.2 Å². The first-order valence-electron chi connectivity index (χ1n) is 5.81. The number of aliphatic hydroxyl groups is 1. The molecule has 0 amide bonds. The summed E-state index contributed by atoms with van der Waals surface area (Å²) >= 11 is 0. The number of rotatable bonds is 1. The average Bonchev–Trinajstić information content (AvgIpc) is 2.15. The van der Waals surface area contributed by atoms with Crippen molar-refractivity contribution in [2.75, 3.05) is 0 Å². The van der Waals surface area contributed by atoms with Crippen LogP contribution in [0.25, 0.3) is 0 Å². The monoisotopic (exact) mass is 252 g/mol. The van der Waals surface area contributed by atoms with E-state index in [1.807, 2.05) is 0 Å². The molecule has 100 valence electrons. The van der Waals surface area contributed by atoms with E-state index in [9.17, 15) is 23.1 Å². The minimum atomic E-state index is -4.59. The number of hydrogen-bond acceptors (Lipinski definition) is 2. The summed E-state index contributed by atoms with van der Waals surface area (Å²) in [5.41, 5.74) is -3.12. The van der Waals surface area contributed by atoms with Crippen LogP contribution in [0, 0.1) is 11.3 Å². The molecular formula is C12H19F3O2. The van der Waals surface area contributed by atoms with E-state index in [0.29, 0.717) is 0 Å². The van der Waals surface area contributed by atoms with Crippen LogP contribution in [0.3, 0.4) is 0 Å². The Balaban J connectivity index is 2.67. The first-order valence-corrected chi connectivity index (χ1v) is 5.81. The van der Waals surface area contributed by atoms with E-state index < -0.39 is 17.2 Å². The fraction of sp³-hybridized carbons (Fsp3) is 0.917. The van der Waals surface area contributed by atoms with Gasteiger partial charge in [-0.2, -0.15) is 13.2 Å². The Bertz CT molecular complexity index is 294. The SMILES string of the molecule is CC(C)(C)C(=O)C1CCC(O)(C(F)(F)F)CC1. The fourth-order valence-electron chi connectivity index (χ4n) is 2.25. The summed E-state index contributed by atoms with van der Waals surface area (Å²) in [6.07, 6.45) is -5.10. The smallest absolute Gasteiger partial charge is 0.380 e. The van der Waals surface area contributed by atoms with Crippen LogP contribution >= 0.6 is 0 Å². The molecule has 0 aliphatic heterocycles. The maximum Gasteiger partial charge on any atom is 0.417 e. The standard InChI is InChI=1S/C12H19F3O2/c1-10(2,3)9(16)8-4-6-11(17,7-5-8)12(13,14)15/h8,17H,4-7H2,1-3H3. The van der Waals surface area contributed by atoms with Gasteiger partial charge in [0.15, 0.2) is 5.60 Å². The van der Waals surface area contributed by atoms with Gasteiger partial charge in [0.05, 0.1) is 0 Å². The van der Waals surface area contributed by atoms with Crippen molar-refractivity contribution in [3.05, 3.63) is 0 Å². The van der Waals surface area contributed by atoms with Crippen LogP contribution in [0.1, 0.15) is 46.5 Å². The molecule has 1 rings (SSSR count). The zero-order chi connectivity index (χ0) is 13.5. The molecule has 0 heterocycles. The van der Waals surface area contributed by atoms with E-state index in [1.165, 1.54) is 0 Å². The predicted molar refractivity (Wildman–Crippen MR) is 57.4 cm³/mol. The van der Waals surface area contributed by atoms with Crippen LogP contribution in [-0.2, 0) is 4.79 Å². The molecule has 1 saturated carbocycles. The Labute approximate surface area is 99.2 Å². The summed E-state index contributed by atoms with van der Waals surface area (Å²) in [6, 6.07) is 0. The van der Waals surface area contributed by atoms with Crippen molar-refractivity contribution in [3.8, 4) is 0 Å². The molecule has 0 spiro atoms. The molecule has 0 bridgehead atoms. The highest BCUT2D eigenvalue weighted by Crippen LogP contribution is 2.44. The van der Waals surface area contributed by atoms with Crippen molar-refractivity contribution in [1.29, 1.82) is 0 Å². The van der Waals surface area contributed by atoms with E-state index in [2.05, 4.69) is 0 Å². The van der Waals surface area contributed by atoms with Gasteiger partial charge in [0, 0.05) is 11.3 Å². The molecule has 0 unspecified atom stereocenters. The summed E-state index contributed by atoms with van der Waals surface area (Å²) < 4.78 is 37.7. The van der Waals surface area contributed by atoms with Gasteiger partial charge < -0.3 is 5.11 Å². The third kappa shape index (κ3) is 3.00. The van der Waals surface area contributed by atoms with Gasteiger partial charge in [-0.3, -0.25) is 4.79 Å². The Kier molecular flexibility index (Phi) is 3.63. The lowest BCUT2D eigenvalue weighted by molar-refractivity contribution is -0.271. The van der Waals surface area contributed by atoms with E-state index in [0.717, 1.165) is 0 Å². The summed E-state index contributed by atoms with van der Waals surface area (Å²) in [7, 11) is 0. The summed E-state index contributed by atoms with van der Waals surface area (Å²) in [5.74, 6) is -0.362. The molecule has 0 aromatic rings. The molecule has 5 heteroatoms. The normalized spacial score (nSPS) is 31.4. The van der Waals surface area contributed by atoms with E-state index in [1.54, 1.807) is 20.8 Å². The number of ketones is 1. The van der Waals surface area contributed by atoms with E-state index in [4.69, 9.17) is 0 Å². The molecule has 1 aliphatic carbocycles. The number of hydrogen-bond donors (Lipinski definition) is 1.